The van der Waals surface area contributed by atoms with Crippen LogP contribution in [0.2, 0.25) is 0 Å². The van der Waals surface area contributed by atoms with Gasteiger partial charge in [0.15, 0.2) is 11.6 Å². The molecular formula is C15H14O8S2. The number of carbonyl (C=O) groups excluding carboxylic acids is 2. The first-order valence-electron chi connectivity index (χ1n) is 7.30. The van der Waals surface area contributed by atoms with Gasteiger partial charge in [-0.3, -0.25) is 18.0 Å². The maximum absolute atomic E-state index is 12.7. The maximum atomic E-state index is 12.7. The molecule has 0 unspecified atom stereocenters. The van der Waals surface area contributed by atoms with Crippen LogP contribution in [0.4, 0.5) is 0 Å². The van der Waals surface area contributed by atoms with Crippen LogP contribution in [0.5, 0.6) is 0 Å². The van der Waals surface area contributed by atoms with Crippen molar-refractivity contribution in [3.8, 4) is 0 Å². The molecule has 0 radical (unpaired) electrons. The lowest BCUT2D eigenvalue weighted by Crippen LogP contribution is -2.33. The van der Waals surface area contributed by atoms with Crippen molar-refractivity contribution in [2.24, 2.45) is 0 Å². The molecule has 1 aliphatic heterocycles. The van der Waals surface area contributed by atoms with Crippen LogP contribution >= 0.6 is 0 Å². The molecule has 1 aromatic carbocycles. The molecule has 3 rings (SSSR count). The number of allylic oxidation sites excluding steroid dienone is 2. The Hall–Kier alpha value is -1.88. The number of hydrogen-bond acceptors (Lipinski definition) is 8. The Morgan fingerprint density at radius 3 is 1.92 bits per heavy atom. The summed E-state index contributed by atoms with van der Waals surface area (Å²) in [6.07, 6.45) is -0.713. The van der Waals surface area contributed by atoms with Gasteiger partial charge in [0.05, 0.1) is 13.2 Å². The van der Waals surface area contributed by atoms with E-state index in [0.717, 1.165) is 0 Å². The lowest BCUT2D eigenvalue weighted by atomic mass is 9.84. The topological polar surface area (TPSA) is 121 Å². The van der Waals surface area contributed by atoms with Crippen LogP contribution in [0, 0.1) is 0 Å². The summed E-state index contributed by atoms with van der Waals surface area (Å²) in [5, 5.41) is 0. The summed E-state index contributed by atoms with van der Waals surface area (Å²) in [4.78, 5) is 25.1. The first-order valence-corrected chi connectivity index (χ1v) is 10.2. The summed E-state index contributed by atoms with van der Waals surface area (Å²) in [7, 11) is -9.04. The highest BCUT2D eigenvalue weighted by Crippen LogP contribution is 2.32. The van der Waals surface area contributed by atoms with Crippen molar-refractivity contribution in [2.75, 3.05) is 13.2 Å². The second-order valence-corrected chi connectivity index (χ2v) is 9.45. The molecule has 0 saturated carbocycles. The smallest absolute Gasteiger partial charge is 0.287 e. The molecule has 25 heavy (non-hydrogen) atoms. The third-order valence-electron chi connectivity index (χ3n) is 4.08. The van der Waals surface area contributed by atoms with Gasteiger partial charge in [-0.1, -0.05) is 24.3 Å². The van der Waals surface area contributed by atoms with Gasteiger partial charge in [0.1, 0.15) is 0 Å². The Morgan fingerprint density at radius 1 is 0.920 bits per heavy atom. The van der Waals surface area contributed by atoms with Gasteiger partial charge in [0.25, 0.3) is 20.2 Å². The summed E-state index contributed by atoms with van der Waals surface area (Å²) in [5.41, 5.74) is 0.152. The largest absolute Gasteiger partial charge is 0.289 e. The Morgan fingerprint density at radius 2 is 1.40 bits per heavy atom. The molecule has 1 saturated heterocycles. The summed E-state index contributed by atoms with van der Waals surface area (Å²) < 4.78 is 55.6. The molecule has 0 amide bonds. The molecule has 134 valence electrons. The summed E-state index contributed by atoms with van der Waals surface area (Å²) in [6, 6.07) is 6.09. The lowest BCUT2D eigenvalue weighted by molar-refractivity contribution is 0.0972. The van der Waals surface area contributed by atoms with E-state index in [2.05, 4.69) is 8.37 Å². The van der Waals surface area contributed by atoms with E-state index < -0.39 is 56.0 Å². The predicted octanol–water partition coefficient (Wildman–Crippen LogP) is 0.805. The first-order chi connectivity index (χ1) is 11.6. The zero-order chi connectivity index (χ0) is 18.4. The van der Waals surface area contributed by atoms with Crippen molar-refractivity contribution < 1.29 is 34.8 Å². The third-order valence-corrected chi connectivity index (χ3v) is 8.10. The molecule has 2 aliphatic rings. The lowest BCUT2D eigenvalue weighted by Gasteiger charge is -2.21. The van der Waals surface area contributed by atoms with E-state index >= 15 is 0 Å². The average molecular weight is 386 g/mol. The van der Waals surface area contributed by atoms with Gasteiger partial charge in [0, 0.05) is 28.7 Å². The van der Waals surface area contributed by atoms with E-state index in [1.165, 1.54) is 19.1 Å². The zero-order valence-electron chi connectivity index (χ0n) is 13.1. The van der Waals surface area contributed by atoms with Gasteiger partial charge < -0.3 is 0 Å². The molecule has 0 atom stereocenters. The molecule has 0 spiro atoms. The molecule has 1 heterocycles. The molecule has 0 bridgehead atoms. The standard InChI is InChI=1S/C15H14O8S2/c1-9-12(15(17)11-5-3-2-4-10(11)14(9)16)8-13-24(18,19)22-6-7-23-25(13,20)21/h2-5,13H,6-8H2,1H3. The van der Waals surface area contributed by atoms with E-state index in [0.29, 0.717) is 0 Å². The van der Waals surface area contributed by atoms with Gasteiger partial charge in [-0.15, -0.1) is 0 Å². The van der Waals surface area contributed by atoms with Crippen LogP contribution in [-0.4, -0.2) is 46.2 Å². The van der Waals surface area contributed by atoms with E-state index in [1.807, 2.05) is 0 Å². The van der Waals surface area contributed by atoms with Gasteiger partial charge >= 0.3 is 0 Å². The average Bonchev–Trinajstić information content (AvgIpc) is 2.66. The first kappa shape index (κ1) is 17.9. The number of rotatable bonds is 2. The predicted molar refractivity (Wildman–Crippen MR) is 86.0 cm³/mol. The molecule has 0 aromatic heterocycles. The monoisotopic (exact) mass is 386 g/mol. The SMILES string of the molecule is CC1=C(CC2S(=O)(=O)OCCOS2(=O)=O)C(=O)c2ccccc2C1=O. The van der Waals surface area contributed by atoms with Crippen molar-refractivity contribution in [1.82, 2.24) is 0 Å². The van der Waals surface area contributed by atoms with Crippen LogP contribution in [0.25, 0.3) is 0 Å². The highest BCUT2D eigenvalue weighted by molar-refractivity contribution is 8.04. The number of benzene rings is 1. The maximum Gasteiger partial charge on any atom is 0.287 e. The van der Waals surface area contributed by atoms with E-state index in [4.69, 9.17) is 0 Å². The second kappa shape index (κ2) is 6.13. The molecule has 0 N–H and O–H groups in total. The van der Waals surface area contributed by atoms with Crippen LogP contribution < -0.4 is 0 Å². The van der Waals surface area contributed by atoms with Crippen molar-refractivity contribution in [3.63, 3.8) is 0 Å². The summed E-state index contributed by atoms with van der Waals surface area (Å²) >= 11 is 0. The van der Waals surface area contributed by atoms with Gasteiger partial charge in [-0.2, -0.15) is 16.8 Å². The van der Waals surface area contributed by atoms with Gasteiger partial charge in [0.2, 0.25) is 4.58 Å². The van der Waals surface area contributed by atoms with Gasteiger partial charge in [-0.25, -0.2) is 0 Å². The number of carbonyl (C=O) groups is 2. The number of Topliss-reactive ketones (excluding diaryl/α,β-unsaturated/α-hetero) is 2. The van der Waals surface area contributed by atoms with E-state index in [1.54, 1.807) is 12.1 Å². The minimum Gasteiger partial charge on any atom is -0.289 e. The molecule has 10 heteroatoms. The summed E-state index contributed by atoms with van der Waals surface area (Å²) in [6.45, 7) is 0.487. The second-order valence-electron chi connectivity index (χ2n) is 5.57. The highest BCUT2D eigenvalue weighted by atomic mass is 32.3. The number of hydrogen-bond donors (Lipinski definition) is 0. The van der Waals surface area contributed by atoms with Crippen LogP contribution in [0.1, 0.15) is 34.1 Å². The Kier molecular flexibility index (Phi) is 4.40. The van der Waals surface area contributed by atoms with Crippen molar-refractivity contribution in [3.05, 3.63) is 46.5 Å². The van der Waals surface area contributed by atoms with Crippen molar-refractivity contribution in [1.29, 1.82) is 0 Å². The quantitative estimate of drug-likeness (QED) is 0.685. The van der Waals surface area contributed by atoms with Crippen molar-refractivity contribution in [2.45, 2.75) is 17.9 Å². The molecular weight excluding hydrogens is 372 g/mol. The van der Waals surface area contributed by atoms with E-state index in [-0.39, 0.29) is 22.3 Å². The molecule has 8 nitrogen and oxygen atoms in total. The fraction of sp³-hybridized carbons (Fsp3) is 0.333. The number of ketones is 2. The Bertz CT molecular complexity index is 966. The van der Waals surface area contributed by atoms with Crippen LogP contribution in [0.15, 0.2) is 35.4 Å². The zero-order valence-corrected chi connectivity index (χ0v) is 14.7. The van der Waals surface area contributed by atoms with Crippen LogP contribution in [0.3, 0.4) is 0 Å². The fourth-order valence-corrected chi connectivity index (χ4v) is 5.90. The molecule has 1 fully saturated rings. The molecule has 1 aromatic rings. The minimum absolute atomic E-state index is 0.0124. The van der Waals surface area contributed by atoms with Gasteiger partial charge in [-0.05, 0) is 6.92 Å². The van der Waals surface area contributed by atoms with Crippen molar-refractivity contribution >= 4 is 31.8 Å². The fourth-order valence-electron chi connectivity index (χ4n) is 2.76. The normalized spacial score (nSPS) is 23.2. The Balaban J connectivity index is 2.09. The highest BCUT2D eigenvalue weighted by Gasteiger charge is 2.44. The van der Waals surface area contributed by atoms with Crippen LogP contribution in [-0.2, 0) is 28.6 Å². The third kappa shape index (κ3) is 3.06. The number of fused-ring (bicyclic) bond motifs is 1. The summed E-state index contributed by atoms with van der Waals surface area (Å²) in [5.74, 6) is -1.03. The Labute approximate surface area is 144 Å². The van der Waals surface area contributed by atoms with E-state index in [9.17, 15) is 26.4 Å². The molecule has 1 aliphatic carbocycles. The minimum atomic E-state index is -4.52.